The lowest BCUT2D eigenvalue weighted by atomic mass is 9.74. The van der Waals surface area contributed by atoms with Gasteiger partial charge in [0.1, 0.15) is 6.10 Å². The maximum atomic E-state index is 9.92. The summed E-state index contributed by atoms with van der Waals surface area (Å²) >= 11 is 0. The van der Waals surface area contributed by atoms with E-state index in [-0.39, 0.29) is 12.2 Å². The monoisotopic (exact) mass is 683 g/mol. The van der Waals surface area contributed by atoms with Gasteiger partial charge in [-0.05, 0) is 121 Å². The Morgan fingerprint density at radius 1 is 0.521 bits per heavy atom. The second kappa shape index (κ2) is 19.3. The molecule has 4 saturated carbocycles. The van der Waals surface area contributed by atoms with Crippen LogP contribution < -0.4 is 0 Å². The van der Waals surface area contributed by atoms with E-state index in [4.69, 9.17) is 18.9 Å². The Bertz CT molecular complexity index is 854. The maximum absolute atomic E-state index is 9.92. The number of ether oxygens (including phenoxy) is 6. The molecule has 0 radical (unpaired) electrons. The molecule has 0 aliphatic heterocycles. The van der Waals surface area contributed by atoms with Gasteiger partial charge in [-0.3, -0.25) is 0 Å². The first-order chi connectivity index (χ1) is 22.4. The average molecular weight is 683 g/mol. The summed E-state index contributed by atoms with van der Waals surface area (Å²) in [7, 11) is 9.98. The molecular weight excluding hydrogens is 604 g/mol. The highest BCUT2D eigenvalue weighted by Crippen LogP contribution is 2.60. The van der Waals surface area contributed by atoms with E-state index in [1.54, 1.807) is 28.4 Å². The van der Waals surface area contributed by atoms with Crippen LogP contribution in [0.4, 0.5) is 0 Å². The fourth-order valence-electron chi connectivity index (χ4n) is 10.3. The second-order valence-electron chi connectivity index (χ2n) is 19.0. The first kappa shape index (κ1) is 43.6. The van der Waals surface area contributed by atoms with Crippen LogP contribution in [0, 0.1) is 57.2 Å². The van der Waals surface area contributed by atoms with E-state index in [9.17, 15) is 4.79 Å². The van der Waals surface area contributed by atoms with Gasteiger partial charge in [-0.25, -0.2) is 0 Å². The second-order valence-corrected chi connectivity index (χ2v) is 19.0. The van der Waals surface area contributed by atoms with Crippen LogP contribution in [0.2, 0.25) is 0 Å². The quantitative estimate of drug-likeness (QED) is 0.170. The molecule has 4 aliphatic carbocycles. The van der Waals surface area contributed by atoms with Crippen molar-refractivity contribution in [3.8, 4) is 0 Å². The first-order valence-corrected chi connectivity index (χ1v) is 18.9. The number of aldehydes is 1. The number of hydrogen-bond acceptors (Lipinski definition) is 7. The van der Waals surface area contributed by atoms with Gasteiger partial charge in [0.05, 0.1) is 32.0 Å². The van der Waals surface area contributed by atoms with Gasteiger partial charge in [-0.15, -0.1) is 0 Å². The highest BCUT2D eigenvalue weighted by atomic mass is 16.5. The van der Waals surface area contributed by atoms with Crippen molar-refractivity contribution in [1.82, 2.24) is 0 Å². The molecule has 0 aromatic rings. The van der Waals surface area contributed by atoms with Gasteiger partial charge in [0.25, 0.3) is 0 Å². The zero-order valence-electron chi connectivity index (χ0n) is 33.8. The molecule has 0 aromatic carbocycles. The van der Waals surface area contributed by atoms with Crippen LogP contribution in [-0.2, 0) is 33.2 Å². The van der Waals surface area contributed by atoms with Crippen LogP contribution in [0.1, 0.15) is 120 Å². The van der Waals surface area contributed by atoms with Crippen molar-refractivity contribution in [3.05, 3.63) is 0 Å². The van der Waals surface area contributed by atoms with Crippen molar-refractivity contribution >= 4 is 6.29 Å². The Hall–Kier alpha value is -0.570. The minimum absolute atomic E-state index is 0.131. The largest absolute Gasteiger partial charge is 0.382 e. The molecule has 4 fully saturated rings. The lowest BCUT2D eigenvalue weighted by molar-refractivity contribution is -0.119. The minimum atomic E-state index is -0.403. The SMILES string of the molecule is CC1(C)CCC(C2CC(C)(C)CC2C2CCC(C)(C)C2)C1.COCC(C=O)OC.COCC(OC)C1CC(C)(C)CC1C(COC)OC. The molecule has 9 atom stereocenters. The third kappa shape index (κ3) is 13.2. The number of methoxy groups -OCH3 is 6. The third-order valence-corrected chi connectivity index (χ3v) is 12.5. The number of rotatable bonds is 14. The molecule has 4 rings (SSSR count). The van der Waals surface area contributed by atoms with E-state index in [0.29, 0.717) is 59.6 Å². The van der Waals surface area contributed by atoms with E-state index in [1.807, 2.05) is 0 Å². The number of hydrogen-bond donors (Lipinski definition) is 0. The zero-order chi connectivity index (χ0) is 36.3. The molecule has 0 spiro atoms. The van der Waals surface area contributed by atoms with Crippen LogP contribution in [0.5, 0.6) is 0 Å². The lowest BCUT2D eigenvalue weighted by Gasteiger charge is -2.31. The summed E-state index contributed by atoms with van der Waals surface area (Å²) < 4.78 is 31.2. The number of carbonyl (C=O) groups is 1. The molecular formula is C41H78O7. The van der Waals surface area contributed by atoms with Crippen molar-refractivity contribution in [2.75, 3.05) is 62.5 Å². The van der Waals surface area contributed by atoms with Crippen molar-refractivity contribution in [1.29, 1.82) is 0 Å². The van der Waals surface area contributed by atoms with E-state index >= 15 is 0 Å². The van der Waals surface area contributed by atoms with Gasteiger partial charge in [0, 0.05) is 42.7 Å². The summed E-state index contributed by atoms with van der Waals surface area (Å²) in [5, 5.41) is 0. The minimum Gasteiger partial charge on any atom is -0.382 e. The van der Waals surface area contributed by atoms with Crippen LogP contribution >= 0.6 is 0 Å². The molecule has 4 aliphatic rings. The first-order valence-electron chi connectivity index (χ1n) is 18.9. The Balaban J connectivity index is 0.000000275. The molecule has 48 heavy (non-hydrogen) atoms. The van der Waals surface area contributed by atoms with Gasteiger partial charge < -0.3 is 33.2 Å². The summed E-state index contributed by atoms with van der Waals surface area (Å²) in [6, 6.07) is 0. The Labute approximate surface area is 296 Å². The Morgan fingerprint density at radius 2 is 0.896 bits per heavy atom. The molecule has 0 saturated heterocycles. The van der Waals surface area contributed by atoms with Crippen molar-refractivity contribution < 1.29 is 33.2 Å². The third-order valence-electron chi connectivity index (χ3n) is 12.5. The summed E-state index contributed by atoms with van der Waals surface area (Å²) in [5.41, 5.74) is 2.17. The molecule has 0 heterocycles. The Kier molecular flexibility index (Phi) is 17.5. The van der Waals surface area contributed by atoms with Crippen LogP contribution in [0.3, 0.4) is 0 Å². The lowest BCUT2D eigenvalue weighted by Crippen LogP contribution is -2.38. The van der Waals surface area contributed by atoms with Crippen LogP contribution in [-0.4, -0.2) is 87.1 Å². The van der Waals surface area contributed by atoms with Gasteiger partial charge >= 0.3 is 0 Å². The maximum Gasteiger partial charge on any atom is 0.151 e. The molecule has 0 aromatic heterocycles. The summed E-state index contributed by atoms with van der Waals surface area (Å²) in [6.07, 6.45) is 14.8. The van der Waals surface area contributed by atoms with Crippen molar-refractivity contribution in [3.63, 3.8) is 0 Å². The average Bonchev–Trinajstić information content (AvgIpc) is 3.75. The van der Waals surface area contributed by atoms with Gasteiger partial charge in [0.2, 0.25) is 0 Å². The smallest absolute Gasteiger partial charge is 0.151 e. The molecule has 7 nitrogen and oxygen atoms in total. The normalized spacial score (nSPS) is 33.2. The van der Waals surface area contributed by atoms with E-state index in [2.05, 4.69) is 64.9 Å². The molecule has 0 bridgehead atoms. The predicted octanol–water partition coefficient (Wildman–Crippen LogP) is 8.90. The molecule has 0 amide bonds. The summed E-state index contributed by atoms with van der Waals surface area (Å²) in [4.78, 5) is 9.92. The van der Waals surface area contributed by atoms with Gasteiger partial charge in [-0.2, -0.15) is 0 Å². The Morgan fingerprint density at radius 3 is 1.15 bits per heavy atom. The van der Waals surface area contributed by atoms with Crippen molar-refractivity contribution in [2.24, 2.45) is 57.2 Å². The van der Waals surface area contributed by atoms with E-state index in [0.717, 1.165) is 36.5 Å². The van der Waals surface area contributed by atoms with Gasteiger partial charge in [-0.1, -0.05) is 55.4 Å². The highest BCUT2D eigenvalue weighted by molar-refractivity contribution is 5.56. The zero-order valence-corrected chi connectivity index (χ0v) is 33.8. The summed E-state index contributed by atoms with van der Waals surface area (Å²) in [6.45, 7) is 21.3. The van der Waals surface area contributed by atoms with Crippen LogP contribution in [0.25, 0.3) is 0 Å². The van der Waals surface area contributed by atoms with Crippen molar-refractivity contribution in [2.45, 2.75) is 138 Å². The standard InChI is InChI=1S/C21H38.C15H30O4.C5H10O3/c1-19(2)9-7-15(11-19)17-13-21(5,6)14-18(17)16-8-10-20(3,4)12-16;1-15(2)7-11(13(18-5)9-16-3)12(8-15)14(19-6)10-17-4;1-7-4-5(3-6)8-2/h15-18H,7-14H2,1-6H3;11-14H,7-10H2,1-6H3;3,5H,4H2,1-2H3. The molecule has 7 heteroatoms. The van der Waals surface area contributed by atoms with E-state index in [1.165, 1.54) is 65.6 Å². The summed E-state index contributed by atoms with van der Waals surface area (Å²) in [5.74, 6) is 5.08. The number of carbonyl (C=O) groups excluding carboxylic acids is 1. The fraction of sp³-hybridized carbons (Fsp3) is 0.976. The predicted molar refractivity (Wildman–Crippen MR) is 196 cm³/mol. The topological polar surface area (TPSA) is 72.5 Å². The molecule has 284 valence electrons. The highest BCUT2D eigenvalue weighted by Gasteiger charge is 2.50. The molecule has 9 unspecified atom stereocenters. The van der Waals surface area contributed by atoms with E-state index < -0.39 is 6.10 Å². The van der Waals surface area contributed by atoms with Crippen LogP contribution in [0.15, 0.2) is 0 Å². The molecule has 0 N–H and O–H groups in total. The fourth-order valence-corrected chi connectivity index (χ4v) is 10.3. The van der Waals surface area contributed by atoms with Gasteiger partial charge in [0.15, 0.2) is 6.29 Å².